The zero-order valence-corrected chi connectivity index (χ0v) is 25.5. The van der Waals surface area contributed by atoms with Gasteiger partial charge in [-0.2, -0.15) is 0 Å². The summed E-state index contributed by atoms with van der Waals surface area (Å²) in [6.45, 7) is 0.221. The van der Waals surface area contributed by atoms with Crippen molar-refractivity contribution in [1.82, 2.24) is 10.2 Å². The standard InChI is InChI=1S/C34H37BrN2O6/c35-26-17-15-25(16-18-26)31(36-32(40)28-13-7-8-14-29(28)34(42)43)33(41)37(22-20-30(38)39)21-19-27(23-9-3-1-4-10-23)24-11-5-2-6-12-24/h1-6,9-12,15-18,27-29,31H,7-8,13-14,19-22H2,(H,36,40)(H,38,39)(H,42,43). The molecule has 0 heterocycles. The van der Waals surface area contributed by atoms with E-state index < -0.39 is 41.6 Å². The Bertz CT molecular complexity index is 1340. The first kappa shape index (κ1) is 31.9. The zero-order chi connectivity index (χ0) is 30.8. The Balaban J connectivity index is 1.63. The van der Waals surface area contributed by atoms with Crippen LogP contribution in [-0.4, -0.2) is 52.0 Å². The second-order valence-electron chi connectivity index (χ2n) is 11.0. The van der Waals surface area contributed by atoms with E-state index in [1.807, 2.05) is 60.7 Å². The molecule has 0 bridgehead atoms. The number of carbonyl (C=O) groups is 4. The van der Waals surface area contributed by atoms with Crippen LogP contribution in [0.3, 0.4) is 0 Å². The van der Waals surface area contributed by atoms with Crippen molar-refractivity contribution in [3.8, 4) is 0 Å². The highest BCUT2D eigenvalue weighted by molar-refractivity contribution is 9.10. The fourth-order valence-corrected chi connectivity index (χ4v) is 6.12. The number of rotatable bonds is 13. The third-order valence-corrected chi connectivity index (χ3v) is 8.68. The summed E-state index contributed by atoms with van der Waals surface area (Å²) < 4.78 is 0.795. The zero-order valence-electron chi connectivity index (χ0n) is 23.9. The summed E-state index contributed by atoms with van der Waals surface area (Å²) in [6.07, 6.45) is 2.60. The SMILES string of the molecule is O=C(O)CCN(CCC(c1ccccc1)c1ccccc1)C(=O)C(NC(=O)C1CCCCC1C(=O)O)c1ccc(Br)cc1. The van der Waals surface area contributed by atoms with Crippen LogP contribution in [0, 0.1) is 11.8 Å². The van der Waals surface area contributed by atoms with Gasteiger partial charge in [-0.25, -0.2) is 0 Å². The van der Waals surface area contributed by atoms with E-state index in [-0.39, 0.29) is 25.4 Å². The molecule has 0 aliphatic heterocycles. The maximum Gasteiger partial charge on any atom is 0.307 e. The highest BCUT2D eigenvalue weighted by Crippen LogP contribution is 2.32. The van der Waals surface area contributed by atoms with Crippen molar-refractivity contribution in [2.24, 2.45) is 11.8 Å². The molecule has 3 atom stereocenters. The predicted molar refractivity (Wildman–Crippen MR) is 166 cm³/mol. The number of hydrogen-bond acceptors (Lipinski definition) is 4. The van der Waals surface area contributed by atoms with Gasteiger partial charge in [0.15, 0.2) is 0 Å². The van der Waals surface area contributed by atoms with E-state index in [0.29, 0.717) is 24.8 Å². The normalized spacial score (nSPS) is 17.2. The van der Waals surface area contributed by atoms with Gasteiger partial charge < -0.3 is 20.4 Å². The summed E-state index contributed by atoms with van der Waals surface area (Å²) in [5.74, 6) is -4.54. The van der Waals surface area contributed by atoms with Gasteiger partial charge in [0.05, 0.1) is 18.3 Å². The van der Waals surface area contributed by atoms with Crippen LogP contribution >= 0.6 is 15.9 Å². The van der Waals surface area contributed by atoms with Crippen molar-refractivity contribution in [1.29, 1.82) is 0 Å². The average Bonchev–Trinajstić information content (AvgIpc) is 3.02. The molecular formula is C34H37BrN2O6. The first-order valence-corrected chi connectivity index (χ1v) is 15.4. The highest BCUT2D eigenvalue weighted by atomic mass is 79.9. The average molecular weight is 650 g/mol. The molecule has 226 valence electrons. The lowest BCUT2D eigenvalue weighted by atomic mass is 9.78. The lowest BCUT2D eigenvalue weighted by Gasteiger charge is -2.32. The summed E-state index contributed by atoms with van der Waals surface area (Å²) in [6, 6.07) is 25.8. The van der Waals surface area contributed by atoms with Crippen molar-refractivity contribution in [2.75, 3.05) is 13.1 Å². The summed E-state index contributed by atoms with van der Waals surface area (Å²) in [7, 11) is 0. The van der Waals surface area contributed by atoms with E-state index in [0.717, 1.165) is 28.4 Å². The Labute approximate surface area is 260 Å². The Kier molecular flexibility index (Phi) is 11.5. The molecule has 0 aromatic heterocycles. The van der Waals surface area contributed by atoms with Gasteiger partial charge >= 0.3 is 11.9 Å². The third kappa shape index (κ3) is 8.76. The van der Waals surface area contributed by atoms with Crippen molar-refractivity contribution < 1.29 is 29.4 Å². The summed E-state index contributed by atoms with van der Waals surface area (Å²) in [5, 5.41) is 22.1. The highest BCUT2D eigenvalue weighted by Gasteiger charge is 2.38. The second kappa shape index (κ2) is 15.5. The number of amides is 2. The minimum atomic E-state index is -1.10. The number of nitrogens with zero attached hydrogens (tertiary/aromatic N) is 1. The number of carboxylic acid groups (broad SMARTS) is 2. The van der Waals surface area contributed by atoms with E-state index in [4.69, 9.17) is 0 Å². The minimum Gasteiger partial charge on any atom is -0.481 e. The summed E-state index contributed by atoms with van der Waals surface area (Å²) >= 11 is 3.41. The quantitative estimate of drug-likeness (QED) is 0.208. The molecular weight excluding hydrogens is 612 g/mol. The van der Waals surface area contributed by atoms with Gasteiger partial charge in [0.2, 0.25) is 11.8 Å². The fourth-order valence-electron chi connectivity index (χ4n) is 5.86. The lowest BCUT2D eigenvalue weighted by molar-refractivity contribution is -0.149. The van der Waals surface area contributed by atoms with Crippen molar-refractivity contribution >= 4 is 39.7 Å². The number of hydrogen-bond donors (Lipinski definition) is 3. The number of benzene rings is 3. The molecule has 1 fully saturated rings. The van der Waals surface area contributed by atoms with Crippen LogP contribution in [0.25, 0.3) is 0 Å². The lowest BCUT2D eigenvalue weighted by Crippen LogP contribution is -2.47. The molecule has 3 N–H and O–H groups in total. The van der Waals surface area contributed by atoms with Crippen LogP contribution < -0.4 is 5.32 Å². The fraction of sp³-hybridized carbons (Fsp3) is 0.353. The van der Waals surface area contributed by atoms with Crippen LogP contribution in [0.15, 0.2) is 89.4 Å². The number of aliphatic carboxylic acids is 2. The molecule has 3 unspecified atom stereocenters. The molecule has 0 radical (unpaired) electrons. The van der Waals surface area contributed by atoms with E-state index in [2.05, 4.69) is 21.2 Å². The first-order valence-electron chi connectivity index (χ1n) is 14.6. The van der Waals surface area contributed by atoms with Gasteiger partial charge in [-0.1, -0.05) is 102 Å². The Morgan fingerprint density at radius 2 is 1.33 bits per heavy atom. The molecule has 43 heavy (non-hydrogen) atoms. The van der Waals surface area contributed by atoms with Gasteiger partial charge in [0, 0.05) is 23.5 Å². The van der Waals surface area contributed by atoms with Crippen LogP contribution in [0.1, 0.15) is 67.2 Å². The van der Waals surface area contributed by atoms with Gasteiger partial charge in [-0.3, -0.25) is 19.2 Å². The number of nitrogens with one attached hydrogen (secondary N) is 1. The van der Waals surface area contributed by atoms with E-state index in [1.54, 1.807) is 24.3 Å². The molecule has 9 heteroatoms. The topological polar surface area (TPSA) is 124 Å². The monoisotopic (exact) mass is 648 g/mol. The van der Waals surface area contributed by atoms with Crippen LogP contribution in [0.5, 0.6) is 0 Å². The smallest absolute Gasteiger partial charge is 0.307 e. The molecule has 3 aromatic carbocycles. The number of halogens is 1. The molecule has 1 saturated carbocycles. The van der Waals surface area contributed by atoms with E-state index in [9.17, 15) is 29.4 Å². The second-order valence-corrected chi connectivity index (χ2v) is 11.9. The summed E-state index contributed by atoms with van der Waals surface area (Å²) in [5.41, 5.74) is 2.69. The molecule has 8 nitrogen and oxygen atoms in total. The molecule has 2 amide bonds. The molecule has 1 aliphatic carbocycles. The summed E-state index contributed by atoms with van der Waals surface area (Å²) in [4.78, 5) is 52.8. The van der Waals surface area contributed by atoms with Gasteiger partial charge in [-0.15, -0.1) is 0 Å². The van der Waals surface area contributed by atoms with E-state index in [1.165, 1.54) is 4.90 Å². The maximum absolute atomic E-state index is 14.3. The van der Waals surface area contributed by atoms with Gasteiger partial charge in [-0.05, 0) is 48.1 Å². The van der Waals surface area contributed by atoms with Crippen molar-refractivity contribution in [3.63, 3.8) is 0 Å². The van der Waals surface area contributed by atoms with Crippen molar-refractivity contribution in [3.05, 3.63) is 106 Å². The molecule has 0 saturated heterocycles. The van der Waals surface area contributed by atoms with Crippen LogP contribution in [0.4, 0.5) is 0 Å². The third-order valence-electron chi connectivity index (χ3n) is 8.16. The van der Waals surface area contributed by atoms with Gasteiger partial charge in [0.1, 0.15) is 6.04 Å². The van der Waals surface area contributed by atoms with Crippen LogP contribution in [-0.2, 0) is 19.2 Å². The van der Waals surface area contributed by atoms with Crippen molar-refractivity contribution in [2.45, 2.75) is 50.5 Å². The molecule has 1 aliphatic rings. The maximum atomic E-state index is 14.3. The largest absolute Gasteiger partial charge is 0.481 e. The number of carbonyl (C=O) groups excluding carboxylic acids is 2. The predicted octanol–water partition coefficient (Wildman–Crippen LogP) is 6.02. The molecule has 3 aromatic rings. The molecule has 4 rings (SSSR count). The first-order chi connectivity index (χ1) is 20.7. The van der Waals surface area contributed by atoms with Crippen LogP contribution in [0.2, 0.25) is 0 Å². The Hall–Kier alpha value is -3.98. The minimum absolute atomic E-state index is 0.0332. The number of carboxylic acids is 2. The Morgan fingerprint density at radius 1 is 0.767 bits per heavy atom. The van der Waals surface area contributed by atoms with E-state index >= 15 is 0 Å². The molecule has 0 spiro atoms. The Morgan fingerprint density at radius 3 is 1.86 bits per heavy atom. The van der Waals surface area contributed by atoms with Gasteiger partial charge in [0.25, 0.3) is 0 Å².